The topological polar surface area (TPSA) is 51.2 Å². The number of hydrogen-bond acceptors (Lipinski definition) is 2. The van der Waals surface area contributed by atoms with Gasteiger partial charge in [0.15, 0.2) is 0 Å². The number of nitrogens with zero attached hydrogens (tertiary/aromatic N) is 1. The molecule has 3 rings (SSSR count). The Labute approximate surface area is 124 Å². The summed E-state index contributed by atoms with van der Waals surface area (Å²) in [5.74, 6) is 0.308. The summed E-state index contributed by atoms with van der Waals surface area (Å²) in [7, 11) is 0. The number of fused-ring (bicyclic) bond motifs is 1. The summed E-state index contributed by atoms with van der Waals surface area (Å²) in [4.78, 5) is 0. The van der Waals surface area contributed by atoms with E-state index in [1.807, 2.05) is 24.3 Å². The molecule has 1 heterocycles. The highest BCUT2D eigenvalue weighted by Gasteiger charge is 2.15. The molecular formula is C18H20N2O. The lowest BCUT2D eigenvalue weighted by Crippen LogP contribution is -1.99. The molecule has 3 heteroatoms. The Kier molecular flexibility index (Phi) is 3.34. The summed E-state index contributed by atoms with van der Waals surface area (Å²) in [5.41, 5.74) is 11.3. The van der Waals surface area contributed by atoms with Crippen LogP contribution in [0.5, 0.6) is 5.75 Å². The maximum Gasteiger partial charge on any atom is 0.116 e. The number of aromatic hydroxyl groups is 1. The minimum atomic E-state index is 0.308. The average Bonchev–Trinajstić information content (AvgIpc) is 2.73. The van der Waals surface area contributed by atoms with Crippen LogP contribution in [0.2, 0.25) is 0 Å². The summed E-state index contributed by atoms with van der Waals surface area (Å²) in [6.45, 7) is 5.24. The largest absolute Gasteiger partial charge is 0.508 e. The van der Waals surface area contributed by atoms with Crippen LogP contribution in [0.1, 0.15) is 18.9 Å². The summed E-state index contributed by atoms with van der Waals surface area (Å²) in [6, 6.07) is 13.6. The van der Waals surface area contributed by atoms with Crippen molar-refractivity contribution >= 4 is 16.6 Å². The van der Waals surface area contributed by atoms with E-state index in [4.69, 9.17) is 5.73 Å². The molecule has 0 atom stereocenters. The van der Waals surface area contributed by atoms with Gasteiger partial charge in [-0.15, -0.1) is 0 Å². The van der Waals surface area contributed by atoms with Gasteiger partial charge in [-0.3, -0.25) is 0 Å². The maximum absolute atomic E-state index is 9.77. The molecule has 108 valence electrons. The number of benzene rings is 2. The van der Waals surface area contributed by atoms with Crippen molar-refractivity contribution in [2.75, 3.05) is 5.73 Å². The molecule has 21 heavy (non-hydrogen) atoms. The lowest BCUT2D eigenvalue weighted by molar-refractivity contribution is 0.476. The number of aryl methyl sites for hydroxylation is 2. The van der Waals surface area contributed by atoms with Crippen molar-refractivity contribution in [1.29, 1.82) is 0 Å². The second-order valence-electron chi connectivity index (χ2n) is 5.45. The van der Waals surface area contributed by atoms with Crippen molar-refractivity contribution in [2.45, 2.75) is 26.8 Å². The van der Waals surface area contributed by atoms with Crippen molar-refractivity contribution < 1.29 is 5.11 Å². The minimum absolute atomic E-state index is 0.308. The second-order valence-corrected chi connectivity index (χ2v) is 5.45. The van der Waals surface area contributed by atoms with Crippen LogP contribution < -0.4 is 5.73 Å². The first-order chi connectivity index (χ1) is 10.1. The summed E-state index contributed by atoms with van der Waals surface area (Å²) in [5, 5.41) is 10.9. The quantitative estimate of drug-likeness (QED) is 0.702. The lowest BCUT2D eigenvalue weighted by Gasteiger charge is -2.11. The molecule has 0 saturated carbocycles. The molecule has 3 aromatic rings. The standard InChI is InChI=1S/C18H20N2O/c1-3-10-20-17-9-8-15(21)11-16(17)12(2)18(20)13-4-6-14(19)7-5-13/h4-9,11,21H,3,10,19H2,1-2H3. The monoisotopic (exact) mass is 280 g/mol. The molecule has 0 amide bonds. The number of hydrogen-bond donors (Lipinski definition) is 2. The Morgan fingerprint density at radius 3 is 2.48 bits per heavy atom. The number of aromatic nitrogens is 1. The fourth-order valence-corrected chi connectivity index (χ4v) is 2.98. The van der Waals surface area contributed by atoms with E-state index >= 15 is 0 Å². The van der Waals surface area contributed by atoms with Crippen LogP contribution in [-0.2, 0) is 6.54 Å². The summed E-state index contributed by atoms with van der Waals surface area (Å²) >= 11 is 0. The average molecular weight is 280 g/mol. The van der Waals surface area contributed by atoms with Crippen LogP contribution in [0.15, 0.2) is 42.5 Å². The minimum Gasteiger partial charge on any atom is -0.508 e. The first-order valence-electron chi connectivity index (χ1n) is 7.29. The molecule has 0 saturated heterocycles. The number of phenolic OH excluding ortho intramolecular Hbond substituents is 1. The fourth-order valence-electron chi connectivity index (χ4n) is 2.98. The first kappa shape index (κ1) is 13.6. The molecule has 1 aromatic heterocycles. The van der Waals surface area contributed by atoms with E-state index in [1.54, 1.807) is 6.07 Å². The van der Waals surface area contributed by atoms with Gasteiger partial charge in [-0.2, -0.15) is 0 Å². The molecule has 0 radical (unpaired) electrons. The van der Waals surface area contributed by atoms with E-state index < -0.39 is 0 Å². The van der Waals surface area contributed by atoms with Crippen molar-refractivity contribution in [3.8, 4) is 17.0 Å². The van der Waals surface area contributed by atoms with E-state index in [0.717, 1.165) is 29.6 Å². The van der Waals surface area contributed by atoms with Crippen LogP contribution >= 0.6 is 0 Å². The van der Waals surface area contributed by atoms with Gasteiger partial charge in [0, 0.05) is 23.1 Å². The predicted molar refractivity (Wildman–Crippen MR) is 88.5 cm³/mol. The normalized spacial score (nSPS) is 11.1. The Balaban J connectivity index is 2.32. The van der Waals surface area contributed by atoms with Gasteiger partial charge in [0.05, 0.1) is 5.69 Å². The van der Waals surface area contributed by atoms with Crippen molar-refractivity contribution in [3.63, 3.8) is 0 Å². The summed E-state index contributed by atoms with van der Waals surface area (Å²) < 4.78 is 2.33. The predicted octanol–water partition coefficient (Wildman–Crippen LogP) is 4.31. The van der Waals surface area contributed by atoms with Gasteiger partial charge >= 0.3 is 0 Å². The van der Waals surface area contributed by atoms with Gasteiger partial charge < -0.3 is 15.4 Å². The van der Waals surface area contributed by atoms with E-state index in [-0.39, 0.29) is 0 Å². The SMILES string of the molecule is CCCn1c(-c2ccc(N)cc2)c(C)c2cc(O)ccc21. The molecule has 0 aliphatic rings. The first-order valence-corrected chi connectivity index (χ1v) is 7.29. The van der Waals surface area contributed by atoms with E-state index in [2.05, 4.69) is 30.5 Å². The van der Waals surface area contributed by atoms with E-state index in [0.29, 0.717) is 5.75 Å². The van der Waals surface area contributed by atoms with Crippen molar-refractivity contribution in [2.24, 2.45) is 0 Å². The molecule has 0 aliphatic carbocycles. The van der Waals surface area contributed by atoms with Crippen LogP contribution in [0.3, 0.4) is 0 Å². The Hall–Kier alpha value is -2.42. The Morgan fingerprint density at radius 1 is 1.10 bits per heavy atom. The third-order valence-corrected chi connectivity index (χ3v) is 3.93. The van der Waals surface area contributed by atoms with Gasteiger partial charge in [0.2, 0.25) is 0 Å². The van der Waals surface area contributed by atoms with Crippen LogP contribution in [0.25, 0.3) is 22.2 Å². The third-order valence-electron chi connectivity index (χ3n) is 3.93. The maximum atomic E-state index is 9.77. The number of anilines is 1. The second kappa shape index (κ2) is 5.17. The van der Waals surface area contributed by atoms with Gasteiger partial charge in [-0.25, -0.2) is 0 Å². The zero-order chi connectivity index (χ0) is 15.0. The molecule has 0 aliphatic heterocycles. The molecule has 3 N–H and O–H groups in total. The highest BCUT2D eigenvalue weighted by atomic mass is 16.3. The van der Waals surface area contributed by atoms with Crippen molar-refractivity contribution in [1.82, 2.24) is 4.57 Å². The smallest absolute Gasteiger partial charge is 0.116 e. The van der Waals surface area contributed by atoms with Crippen LogP contribution in [0, 0.1) is 6.92 Å². The molecular weight excluding hydrogens is 260 g/mol. The van der Waals surface area contributed by atoms with E-state index in [1.165, 1.54) is 16.8 Å². The van der Waals surface area contributed by atoms with Crippen molar-refractivity contribution in [3.05, 3.63) is 48.0 Å². The van der Waals surface area contributed by atoms with Crippen LogP contribution in [-0.4, -0.2) is 9.67 Å². The Bertz CT molecular complexity index is 785. The highest BCUT2D eigenvalue weighted by molar-refractivity contribution is 5.92. The fraction of sp³-hybridized carbons (Fsp3) is 0.222. The number of nitrogen functional groups attached to an aromatic ring is 1. The molecule has 0 unspecified atom stereocenters. The molecule has 0 bridgehead atoms. The molecule has 0 spiro atoms. The number of nitrogens with two attached hydrogens (primary N) is 1. The Morgan fingerprint density at radius 2 is 1.81 bits per heavy atom. The molecule has 0 fully saturated rings. The van der Waals surface area contributed by atoms with Gasteiger partial charge in [-0.1, -0.05) is 19.1 Å². The zero-order valence-electron chi connectivity index (χ0n) is 12.4. The van der Waals surface area contributed by atoms with E-state index in [9.17, 15) is 5.11 Å². The number of phenols is 1. The zero-order valence-corrected chi connectivity index (χ0v) is 12.4. The highest BCUT2D eigenvalue weighted by Crippen LogP contribution is 2.35. The van der Waals surface area contributed by atoms with Crippen LogP contribution in [0.4, 0.5) is 5.69 Å². The van der Waals surface area contributed by atoms with Gasteiger partial charge in [0.25, 0.3) is 0 Å². The number of rotatable bonds is 3. The molecule has 3 nitrogen and oxygen atoms in total. The molecule has 2 aromatic carbocycles. The van der Waals surface area contributed by atoms with Gasteiger partial charge in [0.1, 0.15) is 5.75 Å². The third kappa shape index (κ3) is 2.25. The lowest BCUT2D eigenvalue weighted by atomic mass is 10.1. The summed E-state index contributed by atoms with van der Waals surface area (Å²) in [6.07, 6.45) is 1.06. The van der Waals surface area contributed by atoms with Gasteiger partial charge in [-0.05, 0) is 54.8 Å².